The van der Waals surface area contributed by atoms with Gasteiger partial charge in [-0.2, -0.15) is 0 Å². The van der Waals surface area contributed by atoms with Crippen molar-refractivity contribution in [3.8, 4) is 0 Å². The first-order chi connectivity index (χ1) is 12.9. The molecule has 0 radical (unpaired) electrons. The Morgan fingerprint density at radius 3 is 2.07 bits per heavy atom. The van der Waals surface area contributed by atoms with Crippen LogP contribution in [0.5, 0.6) is 0 Å². The number of likely N-dealkylation sites (N-methyl/N-ethyl adjacent to an activating group) is 1. The lowest BCUT2D eigenvalue weighted by Gasteiger charge is -2.39. The van der Waals surface area contributed by atoms with Crippen molar-refractivity contribution >= 4 is 19.7 Å². The van der Waals surface area contributed by atoms with E-state index in [0.717, 1.165) is 25.2 Å². The predicted molar refractivity (Wildman–Crippen MR) is 112 cm³/mol. The zero-order valence-corrected chi connectivity index (χ0v) is 18.9. The van der Waals surface area contributed by atoms with Gasteiger partial charge in [0.1, 0.15) is 0 Å². The van der Waals surface area contributed by atoms with E-state index in [-0.39, 0.29) is 21.8 Å². The van der Waals surface area contributed by atoms with Crippen LogP contribution in [0.4, 0.5) is 0 Å². The minimum Gasteiger partial charge on any atom is -0.301 e. The van der Waals surface area contributed by atoms with E-state index in [0.29, 0.717) is 13.1 Å². The first-order valence-electron chi connectivity index (χ1n) is 9.95. The Balaban J connectivity index is 1.88. The average molecular weight is 429 g/mol. The third-order valence-electron chi connectivity index (χ3n) is 6.04. The Morgan fingerprint density at radius 2 is 1.57 bits per heavy atom. The van der Waals surface area contributed by atoms with Crippen LogP contribution in [-0.2, 0) is 25.1 Å². The van der Waals surface area contributed by atoms with Gasteiger partial charge in [-0.15, -0.1) is 0 Å². The van der Waals surface area contributed by atoms with Gasteiger partial charge in [0, 0.05) is 32.2 Å². The summed E-state index contributed by atoms with van der Waals surface area (Å²) in [5.74, 6) is -0.349. The van der Waals surface area contributed by atoms with E-state index in [1.54, 1.807) is 12.1 Å². The van der Waals surface area contributed by atoms with Crippen LogP contribution in [-0.4, -0.2) is 82.2 Å². The van der Waals surface area contributed by atoms with Crippen molar-refractivity contribution in [3.63, 3.8) is 0 Å². The monoisotopic (exact) mass is 428 g/mol. The van der Waals surface area contributed by atoms with Gasteiger partial charge in [-0.3, -0.25) is 4.90 Å². The van der Waals surface area contributed by atoms with Gasteiger partial charge in [0.15, 0.2) is 19.7 Å². The molecule has 3 rings (SSSR count). The van der Waals surface area contributed by atoms with Crippen molar-refractivity contribution in [2.24, 2.45) is 0 Å². The fourth-order valence-electron chi connectivity index (χ4n) is 4.16. The van der Waals surface area contributed by atoms with Gasteiger partial charge in [-0.1, -0.05) is 39.8 Å². The molecule has 0 aliphatic carbocycles. The Labute approximate surface area is 169 Å². The standard InChI is InChI=1S/C20H32N2O4S2/c1-5-21-10-12-22(13-11-21)18-14-27(23,24)15-19(18)28(25,26)17-8-6-16(7-9-17)20(2,3)4/h6-9,18-19H,5,10-15H2,1-4H3. The van der Waals surface area contributed by atoms with Gasteiger partial charge in [0.05, 0.1) is 21.7 Å². The molecule has 0 saturated carbocycles. The fourth-order valence-corrected chi connectivity index (χ4v) is 8.99. The quantitative estimate of drug-likeness (QED) is 0.725. The Morgan fingerprint density at radius 1 is 1.00 bits per heavy atom. The van der Waals surface area contributed by atoms with Gasteiger partial charge < -0.3 is 4.90 Å². The molecule has 2 aliphatic rings. The molecular weight excluding hydrogens is 396 g/mol. The summed E-state index contributed by atoms with van der Waals surface area (Å²) in [5, 5.41) is -0.897. The van der Waals surface area contributed by atoms with Crippen LogP contribution in [0, 0.1) is 0 Å². The lowest BCUT2D eigenvalue weighted by Crippen LogP contribution is -2.54. The molecule has 2 atom stereocenters. The molecule has 0 amide bonds. The second-order valence-electron chi connectivity index (χ2n) is 8.97. The third kappa shape index (κ3) is 4.45. The molecule has 2 heterocycles. The molecule has 1 aromatic carbocycles. The normalized spacial score (nSPS) is 27.1. The number of benzene rings is 1. The van der Waals surface area contributed by atoms with Crippen LogP contribution in [0.2, 0.25) is 0 Å². The maximum absolute atomic E-state index is 13.4. The Hall–Kier alpha value is -0.960. The highest BCUT2D eigenvalue weighted by Crippen LogP contribution is 2.31. The summed E-state index contributed by atoms with van der Waals surface area (Å²) < 4.78 is 51.5. The van der Waals surface area contributed by atoms with E-state index in [1.807, 2.05) is 12.1 Å². The molecular formula is C20H32N2O4S2. The molecule has 1 aromatic rings. The summed E-state index contributed by atoms with van der Waals surface area (Å²) in [6.45, 7) is 12.4. The van der Waals surface area contributed by atoms with Crippen molar-refractivity contribution < 1.29 is 16.8 Å². The minimum atomic E-state index is -3.72. The molecule has 2 aliphatic heterocycles. The maximum Gasteiger partial charge on any atom is 0.183 e. The number of sulfone groups is 2. The van der Waals surface area contributed by atoms with Gasteiger partial charge in [-0.05, 0) is 29.7 Å². The van der Waals surface area contributed by atoms with Gasteiger partial charge in [-0.25, -0.2) is 16.8 Å². The number of piperazine rings is 1. The average Bonchev–Trinajstić information content (AvgIpc) is 2.97. The number of nitrogens with zero attached hydrogens (tertiary/aromatic N) is 2. The van der Waals surface area contributed by atoms with Crippen LogP contribution in [0.25, 0.3) is 0 Å². The van der Waals surface area contributed by atoms with E-state index in [9.17, 15) is 16.8 Å². The molecule has 2 fully saturated rings. The number of rotatable bonds is 4. The van der Waals surface area contributed by atoms with Gasteiger partial charge in [0.2, 0.25) is 0 Å². The first kappa shape index (κ1) is 21.7. The van der Waals surface area contributed by atoms with E-state index in [4.69, 9.17) is 0 Å². The predicted octanol–water partition coefficient (Wildman–Crippen LogP) is 1.56. The van der Waals surface area contributed by atoms with E-state index < -0.39 is 31.0 Å². The first-order valence-corrected chi connectivity index (χ1v) is 13.3. The van der Waals surface area contributed by atoms with Crippen LogP contribution >= 0.6 is 0 Å². The lowest BCUT2D eigenvalue weighted by molar-refractivity contribution is 0.109. The fraction of sp³-hybridized carbons (Fsp3) is 0.700. The van der Waals surface area contributed by atoms with Gasteiger partial charge in [0.25, 0.3) is 0 Å². The summed E-state index contributed by atoms with van der Waals surface area (Å²) >= 11 is 0. The summed E-state index contributed by atoms with van der Waals surface area (Å²) in [6.07, 6.45) is 0. The molecule has 0 spiro atoms. The highest BCUT2D eigenvalue weighted by molar-refractivity contribution is 7.96. The summed E-state index contributed by atoms with van der Waals surface area (Å²) in [5.41, 5.74) is 0.984. The molecule has 28 heavy (non-hydrogen) atoms. The second-order valence-corrected chi connectivity index (χ2v) is 13.3. The van der Waals surface area contributed by atoms with Crippen molar-refractivity contribution in [1.29, 1.82) is 0 Å². The Bertz CT molecular complexity index is 895. The lowest BCUT2D eigenvalue weighted by atomic mass is 9.87. The molecule has 0 N–H and O–H groups in total. The highest BCUT2D eigenvalue weighted by Gasteiger charge is 2.48. The third-order valence-corrected chi connectivity index (χ3v) is 10.2. The van der Waals surface area contributed by atoms with Crippen molar-refractivity contribution in [2.45, 2.75) is 49.3 Å². The summed E-state index contributed by atoms with van der Waals surface area (Å²) in [4.78, 5) is 4.59. The number of hydrogen-bond acceptors (Lipinski definition) is 6. The topological polar surface area (TPSA) is 74.8 Å². The maximum atomic E-state index is 13.4. The molecule has 0 aromatic heterocycles. The number of hydrogen-bond donors (Lipinski definition) is 0. The van der Waals surface area contributed by atoms with E-state index in [1.165, 1.54) is 0 Å². The summed E-state index contributed by atoms with van der Waals surface area (Å²) in [7, 11) is -7.09. The zero-order chi connectivity index (χ0) is 20.7. The molecule has 0 bridgehead atoms. The zero-order valence-electron chi connectivity index (χ0n) is 17.3. The van der Waals surface area contributed by atoms with Crippen LogP contribution < -0.4 is 0 Å². The van der Waals surface area contributed by atoms with Gasteiger partial charge >= 0.3 is 0 Å². The van der Waals surface area contributed by atoms with Crippen LogP contribution in [0.1, 0.15) is 33.3 Å². The van der Waals surface area contributed by atoms with Crippen LogP contribution in [0.15, 0.2) is 29.2 Å². The highest BCUT2D eigenvalue weighted by atomic mass is 32.2. The van der Waals surface area contributed by atoms with Crippen molar-refractivity contribution in [2.75, 3.05) is 44.2 Å². The summed E-state index contributed by atoms with van der Waals surface area (Å²) in [6, 6.07) is 6.48. The molecule has 6 nitrogen and oxygen atoms in total. The second kappa shape index (κ2) is 7.70. The van der Waals surface area contributed by atoms with Crippen molar-refractivity contribution in [1.82, 2.24) is 9.80 Å². The molecule has 8 heteroatoms. The Kier molecular flexibility index (Phi) is 5.98. The smallest absolute Gasteiger partial charge is 0.183 e. The minimum absolute atomic E-state index is 0.0664. The van der Waals surface area contributed by atoms with E-state index in [2.05, 4.69) is 37.5 Å². The molecule has 2 unspecified atom stereocenters. The largest absolute Gasteiger partial charge is 0.301 e. The molecule has 2 saturated heterocycles. The van der Waals surface area contributed by atoms with E-state index >= 15 is 0 Å². The SMILES string of the molecule is CCN1CCN(C2CS(=O)(=O)CC2S(=O)(=O)c2ccc(C(C)(C)C)cc2)CC1. The van der Waals surface area contributed by atoms with Crippen molar-refractivity contribution in [3.05, 3.63) is 29.8 Å². The molecule has 158 valence electrons. The van der Waals surface area contributed by atoms with Crippen LogP contribution in [0.3, 0.4) is 0 Å².